The molecule has 1 unspecified atom stereocenters. The van der Waals surface area contributed by atoms with Gasteiger partial charge < -0.3 is 0 Å². The van der Waals surface area contributed by atoms with Gasteiger partial charge in [0.05, 0.1) is 0 Å². The molecule has 2 nitrogen and oxygen atoms in total. The van der Waals surface area contributed by atoms with E-state index in [4.69, 9.17) is 5.84 Å². The molecule has 0 saturated heterocycles. The highest BCUT2D eigenvalue weighted by Crippen LogP contribution is 2.27. The first-order valence-electron chi connectivity index (χ1n) is 4.67. The van der Waals surface area contributed by atoms with E-state index in [-0.39, 0.29) is 17.9 Å². The highest BCUT2D eigenvalue weighted by molar-refractivity contribution is 4.73. The maximum Gasteiger partial charge on any atom is 0.389 e. The molecule has 1 atom stereocenters. The van der Waals surface area contributed by atoms with Gasteiger partial charge in [-0.2, -0.15) is 13.2 Å². The van der Waals surface area contributed by atoms with Crippen molar-refractivity contribution in [3.05, 3.63) is 0 Å². The lowest BCUT2D eigenvalue weighted by Gasteiger charge is -2.25. The van der Waals surface area contributed by atoms with Gasteiger partial charge in [-0.25, -0.2) is 0 Å². The number of rotatable bonds is 4. The number of hydrazine groups is 1. The molecule has 0 saturated carbocycles. The fraction of sp³-hybridized carbons (Fsp3) is 1.00. The third-order valence-electron chi connectivity index (χ3n) is 1.87. The van der Waals surface area contributed by atoms with Crippen molar-refractivity contribution < 1.29 is 13.2 Å². The summed E-state index contributed by atoms with van der Waals surface area (Å²) in [6.45, 7) is 5.93. The van der Waals surface area contributed by atoms with Crippen LogP contribution in [0.2, 0.25) is 0 Å². The van der Waals surface area contributed by atoms with Crippen LogP contribution in [0.5, 0.6) is 0 Å². The zero-order valence-electron chi connectivity index (χ0n) is 8.91. The van der Waals surface area contributed by atoms with Crippen LogP contribution in [0, 0.1) is 5.41 Å². The fourth-order valence-corrected chi connectivity index (χ4v) is 1.32. The first-order valence-corrected chi connectivity index (χ1v) is 4.67. The van der Waals surface area contributed by atoms with Crippen LogP contribution in [0.3, 0.4) is 0 Å². The molecular weight excluding hydrogens is 193 g/mol. The molecule has 0 radical (unpaired) electrons. The van der Waals surface area contributed by atoms with Gasteiger partial charge in [0, 0.05) is 12.5 Å². The van der Waals surface area contributed by atoms with Gasteiger partial charge in [0.2, 0.25) is 0 Å². The van der Waals surface area contributed by atoms with Gasteiger partial charge >= 0.3 is 6.18 Å². The summed E-state index contributed by atoms with van der Waals surface area (Å²) in [6.07, 6.45) is -4.19. The average molecular weight is 212 g/mol. The largest absolute Gasteiger partial charge is 0.389 e. The summed E-state index contributed by atoms with van der Waals surface area (Å²) in [5, 5.41) is 0. The maximum absolute atomic E-state index is 11.9. The zero-order chi connectivity index (χ0) is 11.4. The molecule has 14 heavy (non-hydrogen) atoms. The van der Waals surface area contributed by atoms with Crippen LogP contribution in [0.15, 0.2) is 0 Å². The van der Waals surface area contributed by atoms with Crippen molar-refractivity contribution in [1.29, 1.82) is 0 Å². The Kier molecular flexibility index (Phi) is 4.88. The number of nitrogens with one attached hydrogen (secondary N) is 1. The fourth-order valence-electron chi connectivity index (χ4n) is 1.32. The summed E-state index contributed by atoms with van der Waals surface area (Å²) in [7, 11) is 0. The maximum atomic E-state index is 11.9. The highest BCUT2D eigenvalue weighted by atomic mass is 19.4. The van der Waals surface area contributed by atoms with E-state index in [1.54, 1.807) is 0 Å². The lowest BCUT2D eigenvalue weighted by molar-refractivity contribution is -0.137. The molecule has 5 heteroatoms. The van der Waals surface area contributed by atoms with Crippen molar-refractivity contribution in [2.75, 3.05) is 0 Å². The Labute approximate surface area is 83.0 Å². The highest BCUT2D eigenvalue weighted by Gasteiger charge is 2.29. The first-order chi connectivity index (χ1) is 6.14. The van der Waals surface area contributed by atoms with E-state index in [2.05, 4.69) is 5.43 Å². The van der Waals surface area contributed by atoms with E-state index in [1.807, 2.05) is 20.8 Å². The molecule has 0 aromatic carbocycles. The number of nitrogens with two attached hydrogens (primary N) is 1. The van der Waals surface area contributed by atoms with Crippen molar-refractivity contribution >= 4 is 0 Å². The quantitative estimate of drug-likeness (QED) is 0.555. The Balaban J connectivity index is 3.93. The Morgan fingerprint density at radius 2 is 1.71 bits per heavy atom. The molecule has 0 spiro atoms. The molecule has 3 N–H and O–H groups in total. The average Bonchev–Trinajstić information content (AvgIpc) is 1.94. The SMILES string of the molecule is CC(C)(C)CC(CCC(F)(F)F)NN. The Morgan fingerprint density at radius 3 is 2.00 bits per heavy atom. The molecule has 0 aliphatic heterocycles. The summed E-state index contributed by atoms with van der Waals surface area (Å²) in [5.41, 5.74) is 2.42. The molecule has 0 aliphatic rings. The molecule has 86 valence electrons. The molecule has 0 rings (SSSR count). The first kappa shape index (κ1) is 13.7. The van der Waals surface area contributed by atoms with E-state index in [0.29, 0.717) is 6.42 Å². The van der Waals surface area contributed by atoms with Crippen molar-refractivity contribution in [3.8, 4) is 0 Å². The van der Waals surface area contributed by atoms with E-state index < -0.39 is 12.6 Å². The Morgan fingerprint density at radius 1 is 1.21 bits per heavy atom. The lowest BCUT2D eigenvalue weighted by atomic mass is 9.87. The number of hydrogen-bond donors (Lipinski definition) is 2. The van der Waals surface area contributed by atoms with Crippen LogP contribution >= 0.6 is 0 Å². The van der Waals surface area contributed by atoms with Gasteiger partial charge in [-0.15, -0.1) is 0 Å². The molecule has 0 aromatic heterocycles. The van der Waals surface area contributed by atoms with E-state index >= 15 is 0 Å². The molecule has 0 fully saturated rings. The minimum atomic E-state index is -4.09. The summed E-state index contributed by atoms with van der Waals surface area (Å²) in [5.74, 6) is 5.19. The van der Waals surface area contributed by atoms with E-state index in [0.717, 1.165) is 0 Å². The molecule has 0 bridgehead atoms. The van der Waals surface area contributed by atoms with Crippen molar-refractivity contribution in [1.82, 2.24) is 5.43 Å². The second-order valence-electron chi connectivity index (χ2n) is 4.78. The van der Waals surface area contributed by atoms with Gasteiger partial charge in [-0.3, -0.25) is 11.3 Å². The summed E-state index contributed by atoms with van der Waals surface area (Å²) in [6, 6.07) is -0.267. The molecular formula is C9H19F3N2. The van der Waals surface area contributed by atoms with Crippen LogP contribution in [-0.4, -0.2) is 12.2 Å². The third-order valence-corrected chi connectivity index (χ3v) is 1.87. The van der Waals surface area contributed by atoms with Gasteiger partial charge in [0.15, 0.2) is 0 Å². The zero-order valence-corrected chi connectivity index (χ0v) is 8.91. The van der Waals surface area contributed by atoms with Crippen LogP contribution in [-0.2, 0) is 0 Å². The van der Waals surface area contributed by atoms with Crippen molar-refractivity contribution in [3.63, 3.8) is 0 Å². The molecule has 0 aliphatic carbocycles. The van der Waals surface area contributed by atoms with Gasteiger partial charge in [-0.05, 0) is 18.3 Å². The standard InChI is InChI=1S/C9H19F3N2/c1-8(2,3)6-7(14-13)4-5-9(10,11)12/h7,14H,4-6,13H2,1-3H3. The number of hydrogen-bond acceptors (Lipinski definition) is 2. The Bertz CT molecular complexity index is 160. The van der Waals surface area contributed by atoms with Gasteiger partial charge in [-0.1, -0.05) is 20.8 Å². The third kappa shape index (κ3) is 8.31. The lowest BCUT2D eigenvalue weighted by Crippen LogP contribution is -2.38. The number of halogens is 3. The smallest absolute Gasteiger partial charge is 0.271 e. The van der Waals surface area contributed by atoms with Crippen LogP contribution < -0.4 is 11.3 Å². The molecule has 0 amide bonds. The second kappa shape index (κ2) is 4.98. The minimum Gasteiger partial charge on any atom is -0.271 e. The molecule has 0 heterocycles. The Hall–Kier alpha value is -0.290. The second-order valence-corrected chi connectivity index (χ2v) is 4.78. The van der Waals surface area contributed by atoms with Gasteiger partial charge in [0.25, 0.3) is 0 Å². The number of alkyl halides is 3. The predicted octanol–water partition coefficient (Wildman–Crippen LogP) is 2.60. The summed E-state index contributed by atoms with van der Waals surface area (Å²) >= 11 is 0. The molecule has 0 aromatic rings. The topological polar surface area (TPSA) is 38.0 Å². The monoisotopic (exact) mass is 212 g/mol. The minimum absolute atomic E-state index is 0.0113. The van der Waals surface area contributed by atoms with E-state index in [1.165, 1.54) is 0 Å². The van der Waals surface area contributed by atoms with Gasteiger partial charge in [0.1, 0.15) is 0 Å². The normalized spacial score (nSPS) is 15.6. The van der Waals surface area contributed by atoms with Crippen molar-refractivity contribution in [2.24, 2.45) is 11.3 Å². The summed E-state index contributed by atoms with van der Waals surface area (Å²) in [4.78, 5) is 0. The van der Waals surface area contributed by atoms with Crippen molar-refractivity contribution in [2.45, 2.75) is 52.3 Å². The van der Waals surface area contributed by atoms with Crippen LogP contribution in [0.25, 0.3) is 0 Å². The van der Waals surface area contributed by atoms with Crippen LogP contribution in [0.1, 0.15) is 40.0 Å². The van der Waals surface area contributed by atoms with E-state index in [9.17, 15) is 13.2 Å². The summed E-state index contributed by atoms with van der Waals surface area (Å²) < 4.78 is 35.7. The predicted molar refractivity (Wildman–Crippen MR) is 50.5 cm³/mol. The van der Waals surface area contributed by atoms with Crippen LogP contribution in [0.4, 0.5) is 13.2 Å².